The minimum absolute atomic E-state index is 0.0799. The summed E-state index contributed by atoms with van der Waals surface area (Å²) in [5.41, 5.74) is 0. The number of thioether (sulfide) groups is 1. The zero-order valence-electron chi connectivity index (χ0n) is 3.86. The molecule has 0 nitrogen and oxygen atoms in total. The summed E-state index contributed by atoms with van der Waals surface area (Å²) in [6, 6.07) is 0. The van der Waals surface area contributed by atoms with Crippen LogP contribution in [0.3, 0.4) is 0 Å². The highest BCUT2D eigenvalue weighted by Gasteiger charge is 1.98. The maximum absolute atomic E-state index is 11.2. The molecule has 0 rings (SSSR count). The first-order chi connectivity index (χ1) is 3.27. The van der Waals surface area contributed by atoms with Crippen molar-refractivity contribution in [1.82, 2.24) is 0 Å². The Balaban J connectivity index is 2.68. The molecule has 0 saturated carbocycles. The van der Waals surface area contributed by atoms with Crippen LogP contribution in [0.1, 0.15) is 0 Å². The van der Waals surface area contributed by atoms with Gasteiger partial charge in [-0.05, 0) is 12.7 Å². The van der Waals surface area contributed by atoms with E-state index >= 15 is 0 Å². The summed E-state index contributed by atoms with van der Waals surface area (Å²) in [7, 11) is 0. The molecule has 0 heterocycles. The van der Waals surface area contributed by atoms with Crippen LogP contribution in [0.5, 0.6) is 0 Å². The molecule has 43 valence electrons. The highest BCUT2D eigenvalue weighted by molar-refractivity contribution is 7.99. The van der Waals surface area contributed by atoms with Crippen molar-refractivity contribution in [3.05, 3.63) is 6.92 Å². The normalized spacial score (nSPS) is 10.3. The van der Waals surface area contributed by atoms with Crippen LogP contribution < -0.4 is 0 Å². The fourth-order valence-corrected chi connectivity index (χ4v) is 0.517. The fourth-order valence-electron chi connectivity index (χ4n) is 0.172. The van der Waals surface area contributed by atoms with E-state index in [0.29, 0.717) is 5.75 Å². The Morgan fingerprint density at radius 1 is 1.57 bits per heavy atom. The quantitative estimate of drug-likeness (QED) is 0.554. The monoisotopic (exact) mass is 125 g/mol. The molecule has 0 aliphatic heterocycles. The van der Waals surface area contributed by atoms with Crippen molar-refractivity contribution in [2.75, 3.05) is 11.5 Å². The summed E-state index contributed by atoms with van der Waals surface area (Å²) in [6.45, 7) is 3.39. The number of alkyl halides is 2. The summed E-state index contributed by atoms with van der Waals surface area (Å²) in [5.74, 6) is 0.452. The molecule has 3 heteroatoms. The lowest BCUT2D eigenvalue weighted by Crippen LogP contribution is -1.92. The summed E-state index contributed by atoms with van der Waals surface area (Å²) in [6.07, 6.45) is -2.17. The zero-order chi connectivity index (χ0) is 5.70. The van der Waals surface area contributed by atoms with Gasteiger partial charge in [-0.15, -0.1) is 0 Å². The van der Waals surface area contributed by atoms with E-state index in [0.717, 1.165) is 11.8 Å². The SMILES string of the molecule is [CH2]CSCC(F)F. The minimum atomic E-state index is -2.17. The van der Waals surface area contributed by atoms with E-state index in [2.05, 4.69) is 6.92 Å². The van der Waals surface area contributed by atoms with E-state index < -0.39 is 6.43 Å². The highest BCUT2D eigenvalue weighted by atomic mass is 32.2. The second-order valence-corrected chi connectivity index (χ2v) is 2.12. The third-order valence-electron chi connectivity index (χ3n) is 0.388. The molecule has 0 N–H and O–H groups in total. The van der Waals surface area contributed by atoms with Gasteiger partial charge in [-0.2, -0.15) is 11.8 Å². The maximum atomic E-state index is 11.2. The van der Waals surface area contributed by atoms with Crippen LogP contribution in [0.4, 0.5) is 8.78 Å². The van der Waals surface area contributed by atoms with Crippen LogP contribution in [0.2, 0.25) is 0 Å². The van der Waals surface area contributed by atoms with Gasteiger partial charge in [0.15, 0.2) is 0 Å². The second-order valence-electron chi connectivity index (χ2n) is 0.966. The molecule has 0 aromatic heterocycles. The Kier molecular flexibility index (Phi) is 4.50. The van der Waals surface area contributed by atoms with Crippen LogP contribution in [0.25, 0.3) is 0 Å². The molecule has 1 radical (unpaired) electrons. The van der Waals surface area contributed by atoms with Crippen molar-refractivity contribution in [2.45, 2.75) is 6.43 Å². The van der Waals surface area contributed by atoms with Gasteiger partial charge in [-0.1, -0.05) is 0 Å². The van der Waals surface area contributed by atoms with Gasteiger partial charge in [0.2, 0.25) is 6.43 Å². The van der Waals surface area contributed by atoms with Gasteiger partial charge in [-0.25, -0.2) is 8.78 Å². The van der Waals surface area contributed by atoms with Gasteiger partial charge in [0.05, 0.1) is 5.75 Å². The van der Waals surface area contributed by atoms with Crippen LogP contribution in [0.15, 0.2) is 0 Å². The molecule has 7 heavy (non-hydrogen) atoms. The molecule has 0 fully saturated rings. The van der Waals surface area contributed by atoms with E-state index in [-0.39, 0.29) is 5.75 Å². The molecule has 0 unspecified atom stereocenters. The Labute approximate surface area is 46.3 Å². The maximum Gasteiger partial charge on any atom is 0.247 e. The Bertz CT molecular complexity index is 38.7. The van der Waals surface area contributed by atoms with E-state index in [1.54, 1.807) is 0 Å². The van der Waals surface area contributed by atoms with Gasteiger partial charge >= 0.3 is 0 Å². The molecule has 0 atom stereocenters. The average molecular weight is 125 g/mol. The topological polar surface area (TPSA) is 0 Å². The standard InChI is InChI=1S/C4H7F2S/c1-2-7-3-4(5)6/h4H,1-3H2. The molecule has 0 aliphatic carbocycles. The van der Waals surface area contributed by atoms with Crippen molar-refractivity contribution in [1.29, 1.82) is 0 Å². The molecule has 0 aromatic carbocycles. The van der Waals surface area contributed by atoms with E-state index in [1.807, 2.05) is 0 Å². The lowest BCUT2D eigenvalue weighted by atomic mass is 10.9. The first-order valence-electron chi connectivity index (χ1n) is 1.92. The molecular weight excluding hydrogens is 118 g/mol. The molecule has 0 aromatic rings. The summed E-state index contributed by atoms with van der Waals surface area (Å²) < 4.78 is 22.3. The molecular formula is C4H7F2S. The van der Waals surface area contributed by atoms with E-state index in [9.17, 15) is 8.78 Å². The minimum Gasteiger partial charge on any atom is -0.210 e. The van der Waals surface area contributed by atoms with Crippen LogP contribution in [-0.2, 0) is 0 Å². The fraction of sp³-hybridized carbons (Fsp3) is 0.750. The lowest BCUT2D eigenvalue weighted by Gasteiger charge is -1.92. The Hall–Kier alpha value is 0.210. The predicted molar refractivity (Wildman–Crippen MR) is 28.7 cm³/mol. The third-order valence-corrected chi connectivity index (χ3v) is 1.16. The van der Waals surface area contributed by atoms with Gasteiger partial charge in [0.25, 0.3) is 0 Å². The molecule has 0 aliphatic rings. The summed E-state index contributed by atoms with van der Waals surface area (Å²) >= 11 is 1.16. The van der Waals surface area contributed by atoms with Gasteiger partial charge in [0, 0.05) is 0 Å². The van der Waals surface area contributed by atoms with E-state index in [1.165, 1.54) is 0 Å². The summed E-state index contributed by atoms with van der Waals surface area (Å²) in [5, 5.41) is 0. The molecule has 0 saturated heterocycles. The average Bonchev–Trinajstić information content (AvgIpc) is 1.61. The van der Waals surface area contributed by atoms with Gasteiger partial charge < -0.3 is 0 Å². The first-order valence-corrected chi connectivity index (χ1v) is 3.08. The predicted octanol–water partition coefficient (Wildman–Crippen LogP) is 1.82. The highest BCUT2D eigenvalue weighted by Crippen LogP contribution is 2.04. The van der Waals surface area contributed by atoms with Crippen molar-refractivity contribution >= 4 is 11.8 Å². The second kappa shape index (κ2) is 4.37. The number of hydrogen-bond acceptors (Lipinski definition) is 1. The lowest BCUT2D eigenvalue weighted by molar-refractivity contribution is 0.177. The van der Waals surface area contributed by atoms with Gasteiger partial charge in [-0.3, -0.25) is 0 Å². The smallest absolute Gasteiger partial charge is 0.210 e. The van der Waals surface area contributed by atoms with Gasteiger partial charge in [0.1, 0.15) is 0 Å². The Morgan fingerprint density at radius 3 is 2.29 bits per heavy atom. The Morgan fingerprint density at radius 2 is 2.14 bits per heavy atom. The molecule has 0 bridgehead atoms. The molecule has 0 amide bonds. The van der Waals surface area contributed by atoms with Crippen LogP contribution in [-0.4, -0.2) is 17.9 Å². The number of halogens is 2. The van der Waals surface area contributed by atoms with Crippen molar-refractivity contribution in [3.8, 4) is 0 Å². The third kappa shape index (κ3) is 6.21. The summed E-state index contributed by atoms with van der Waals surface area (Å²) in [4.78, 5) is 0. The van der Waals surface area contributed by atoms with Crippen molar-refractivity contribution in [2.24, 2.45) is 0 Å². The first kappa shape index (κ1) is 7.21. The molecule has 0 spiro atoms. The van der Waals surface area contributed by atoms with Crippen LogP contribution in [0, 0.1) is 6.92 Å². The van der Waals surface area contributed by atoms with Crippen molar-refractivity contribution in [3.63, 3.8) is 0 Å². The largest absolute Gasteiger partial charge is 0.247 e. The van der Waals surface area contributed by atoms with Crippen LogP contribution >= 0.6 is 11.8 Å². The number of rotatable bonds is 3. The van der Waals surface area contributed by atoms with Crippen molar-refractivity contribution < 1.29 is 8.78 Å². The zero-order valence-corrected chi connectivity index (χ0v) is 4.68. The van der Waals surface area contributed by atoms with E-state index in [4.69, 9.17) is 0 Å². The number of hydrogen-bond donors (Lipinski definition) is 0.